The van der Waals surface area contributed by atoms with Crippen LogP contribution in [0.2, 0.25) is 0 Å². The van der Waals surface area contributed by atoms with Crippen molar-refractivity contribution in [3.8, 4) is 0 Å². The quantitative estimate of drug-likeness (QED) is 0.0831. The lowest BCUT2D eigenvalue weighted by atomic mass is 9.82. The maximum Gasteiger partial charge on any atom is 0.338 e. The molecule has 0 amide bonds. The molecule has 372 valence electrons. The molecular formula is C50H100O12. The van der Waals surface area contributed by atoms with E-state index in [2.05, 4.69) is 20.8 Å². The fourth-order valence-corrected chi connectivity index (χ4v) is 3.91. The van der Waals surface area contributed by atoms with Gasteiger partial charge in [0.2, 0.25) is 0 Å². The second kappa shape index (κ2) is 35.3. The molecule has 12 nitrogen and oxygen atoms in total. The van der Waals surface area contributed by atoms with E-state index in [-0.39, 0.29) is 124 Å². The van der Waals surface area contributed by atoms with Crippen LogP contribution in [0, 0.1) is 22.7 Å². The van der Waals surface area contributed by atoms with Gasteiger partial charge >= 0.3 is 23.9 Å². The second-order valence-corrected chi connectivity index (χ2v) is 16.3. The lowest BCUT2D eigenvalue weighted by Gasteiger charge is -2.27. The summed E-state index contributed by atoms with van der Waals surface area (Å²) in [4.78, 5) is 45.6. The smallest absolute Gasteiger partial charge is 0.338 e. The summed E-state index contributed by atoms with van der Waals surface area (Å²) in [7, 11) is 0. The highest BCUT2D eigenvalue weighted by Crippen LogP contribution is 2.27. The van der Waals surface area contributed by atoms with Crippen LogP contribution in [-0.2, 0) is 57.7 Å². The maximum atomic E-state index is 11.7. The first-order chi connectivity index (χ1) is 25.4. The Morgan fingerprint density at radius 2 is 0.935 bits per heavy atom. The number of esters is 4. The highest BCUT2D eigenvalue weighted by atomic mass is 16.6. The molecule has 0 saturated carbocycles. The van der Waals surface area contributed by atoms with Gasteiger partial charge in [-0.2, -0.15) is 0 Å². The maximum absolute atomic E-state index is 11.7. The molecular weight excluding hydrogens is 793 g/mol. The first-order valence-corrected chi connectivity index (χ1v) is 19.6. The molecule has 12 heteroatoms. The van der Waals surface area contributed by atoms with E-state index in [1.54, 1.807) is 0 Å². The van der Waals surface area contributed by atoms with Crippen LogP contribution in [0.3, 0.4) is 0 Å². The van der Waals surface area contributed by atoms with Crippen molar-refractivity contribution in [1.29, 1.82) is 0 Å². The molecule has 0 radical (unpaired) electrons. The van der Waals surface area contributed by atoms with Crippen molar-refractivity contribution in [2.24, 2.45) is 22.7 Å². The van der Waals surface area contributed by atoms with E-state index in [0.29, 0.717) is 44.5 Å². The van der Waals surface area contributed by atoms with E-state index in [0.717, 1.165) is 52.1 Å². The standard InChI is InChI=1S/C15H20O3.C10H18O3.C9H16O3.C8H14O3.8CH4/c1-4-15(2,3)12-7-5-11(6-8-12)14(16)18-10-13-9-17-13;1-4-10(2,3)9(11)13-7-8-5-12-6-8;1-4-9(2,3)8(10)12-6-7-5-11-7;1-3-6(2)8(9)11-5-7-4-10-7;;;;;;;;/h5-8,13H,4,9-10H2,1-3H3;8H,4-7H2,1-3H3;7H,4-6H2,1-3H3;6-7H,3-5H2,1-2H3;8*1H4. The number of carbonyl (C=O) groups excluding carboxylic acids is 4. The zero-order chi connectivity index (χ0) is 40.5. The zero-order valence-corrected chi connectivity index (χ0v) is 34.8. The summed E-state index contributed by atoms with van der Waals surface area (Å²) in [6, 6.07) is 7.69. The van der Waals surface area contributed by atoms with Gasteiger partial charge in [0, 0.05) is 5.92 Å². The van der Waals surface area contributed by atoms with Gasteiger partial charge in [-0.05, 0) is 76.5 Å². The fourth-order valence-electron chi connectivity index (χ4n) is 3.91. The largest absolute Gasteiger partial charge is 0.465 e. The molecule has 1 aromatic carbocycles. The van der Waals surface area contributed by atoms with Crippen LogP contribution in [0.4, 0.5) is 0 Å². The minimum Gasteiger partial charge on any atom is -0.465 e. The first-order valence-electron chi connectivity index (χ1n) is 19.6. The first kappa shape index (κ1) is 73.3. The number of epoxide rings is 3. The predicted octanol–water partition coefficient (Wildman–Crippen LogP) is 12.0. The van der Waals surface area contributed by atoms with E-state index in [1.807, 2.05) is 79.7 Å². The van der Waals surface area contributed by atoms with Crippen LogP contribution in [0.15, 0.2) is 24.3 Å². The Kier molecular flexibility index (Phi) is 41.8. The molecule has 1 aromatic rings. The zero-order valence-electron chi connectivity index (χ0n) is 34.8. The summed E-state index contributed by atoms with van der Waals surface area (Å²) >= 11 is 0. The molecule has 4 heterocycles. The number of benzene rings is 1. The number of hydrogen-bond acceptors (Lipinski definition) is 12. The van der Waals surface area contributed by atoms with Crippen molar-refractivity contribution in [2.45, 2.75) is 185 Å². The topological polar surface area (TPSA) is 152 Å². The van der Waals surface area contributed by atoms with Crippen molar-refractivity contribution >= 4 is 23.9 Å². The molecule has 5 rings (SSSR count). The molecule has 4 atom stereocenters. The Balaban J connectivity index is -0.000000127. The van der Waals surface area contributed by atoms with Gasteiger partial charge in [-0.25, -0.2) is 4.79 Å². The number of hydrogen-bond donors (Lipinski definition) is 0. The van der Waals surface area contributed by atoms with Crippen molar-refractivity contribution < 1.29 is 57.1 Å². The highest BCUT2D eigenvalue weighted by molar-refractivity contribution is 5.89. The van der Waals surface area contributed by atoms with Gasteiger partial charge in [-0.1, -0.05) is 120 Å². The van der Waals surface area contributed by atoms with Gasteiger partial charge in [0.05, 0.1) is 62.0 Å². The third kappa shape index (κ3) is 28.6. The summed E-state index contributed by atoms with van der Waals surface area (Å²) in [5.74, 6) is -0.151. The Morgan fingerprint density at radius 1 is 0.565 bits per heavy atom. The molecule has 0 aliphatic carbocycles. The fraction of sp³-hybridized carbons (Fsp3) is 0.800. The van der Waals surface area contributed by atoms with Gasteiger partial charge in [0.15, 0.2) is 0 Å². The summed E-state index contributed by atoms with van der Waals surface area (Å²) in [5.41, 5.74) is 1.29. The Hall–Kier alpha value is -3.06. The van der Waals surface area contributed by atoms with E-state index < -0.39 is 0 Å². The van der Waals surface area contributed by atoms with Crippen molar-refractivity contribution in [1.82, 2.24) is 0 Å². The number of rotatable bonds is 17. The second-order valence-electron chi connectivity index (χ2n) is 16.3. The Morgan fingerprint density at radius 3 is 1.26 bits per heavy atom. The minimum atomic E-state index is -0.352. The van der Waals surface area contributed by atoms with Crippen LogP contribution in [0.25, 0.3) is 0 Å². The Bertz CT molecular complexity index is 1290. The predicted molar refractivity (Wildman–Crippen MR) is 258 cm³/mol. The minimum absolute atomic E-state index is 0. The van der Waals surface area contributed by atoms with E-state index >= 15 is 0 Å². The SMILES string of the molecule is C.C.C.C.C.C.C.C.CCC(C)(C)C(=O)OCC1CO1.CCC(C)(C)C(=O)OCC1COC1.CCC(C)(C)c1ccc(C(=O)OCC2CO2)cc1.CCC(C)C(=O)OCC1CO1. The van der Waals surface area contributed by atoms with Crippen molar-refractivity contribution in [2.75, 3.05) is 59.5 Å². The molecule has 0 aromatic heterocycles. The summed E-state index contributed by atoms with van der Waals surface area (Å²) < 4.78 is 40.1. The van der Waals surface area contributed by atoms with Crippen LogP contribution < -0.4 is 0 Å². The van der Waals surface area contributed by atoms with E-state index in [1.165, 1.54) is 5.56 Å². The van der Waals surface area contributed by atoms with Crippen LogP contribution in [-0.4, -0.2) is 102 Å². The molecule has 0 bridgehead atoms. The molecule has 4 aliphatic heterocycles. The lowest BCUT2D eigenvalue weighted by molar-refractivity contribution is -0.161. The molecule has 4 fully saturated rings. The van der Waals surface area contributed by atoms with Crippen LogP contribution >= 0.6 is 0 Å². The van der Waals surface area contributed by atoms with Gasteiger partial charge in [-0.3, -0.25) is 14.4 Å². The van der Waals surface area contributed by atoms with Crippen molar-refractivity contribution in [3.63, 3.8) is 0 Å². The molecule has 4 saturated heterocycles. The summed E-state index contributed by atoms with van der Waals surface area (Å²) in [6.07, 6.45) is 3.99. The average molecular weight is 893 g/mol. The molecule has 0 spiro atoms. The van der Waals surface area contributed by atoms with Crippen LogP contribution in [0.1, 0.15) is 177 Å². The van der Waals surface area contributed by atoms with Crippen LogP contribution in [0.5, 0.6) is 0 Å². The van der Waals surface area contributed by atoms with Gasteiger partial charge < -0.3 is 37.9 Å². The van der Waals surface area contributed by atoms with E-state index in [9.17, 15) is 19.2 Å². The molecule has 0 N–H and O–H groups in total. The monoisotopic (exact) mass is 893 g/mol. The van der Waals surface area contributed by atoms with Gasteiger partial charge in [0.25, 0.3) is 0 Å². The number of ether oxygens (including phenoxy) is 8. The highest BCUT2D eigenvalue weighted by Gasteiger charge is 2.31. The third-order valence-electron chi connectivity index (χ3n) is 10.3. The third-order valence-corrected chi connectivity index (χ3v) is 10.3. The van der Waals surface area contributed by atoms with Gasteiger partial charge in [0.1, 0.15) is 38.1 Å². The Labute approximate surface area is 382 Å². The lowest BCUT2D eigenvalue weighted by Crippen LogP contribution is -2.35. The van der Waals surface area contributed by atoms with Crippen molar-refractivity contribution in [3.05, 3.63) is 35.4 Å². The van der Waals surface area contributed by atoms with Gasteiger partial charge in [-0.15, -0.1) is 0 Å². The molecule has 4 aliphatic rings. The van der Waals surface area contributed by atoms with E-state index in [4.69, 9.17) is 37.9 Å². The molecule has 4 unspecified atom stereocenters. The molecule has 62 heavy (non-hydrogen) atoms. The average Bonchev–Trinajstić information content (AvgIpc) is 3.98. The number of carbonyl (C=O) groups is 4. The summed E-state index contributed by atoms with van der Waals surface area (Å²) in [5, 5.41) is 0. The normalized spacial score (nSPS) is 17.8. The summed E-state index contributed by atoms with van der Waals surface area (Å²) in [6.45, 7) is 27.4.